The maximum absolute atomic E-state index is 13.6. The van der Waals surface area contributed by atoms with E-state index in [4.69, 9.17) is 0 Å². The average molecular weight is 370 g/mol. The summed E-state index contributed by atoms with van der Waals surface area (Å²) in [7, 11) is 0. The maximum atomic E-state index is 13.6. The largest absolute Gasteiger partial charge is 0.347 e. The van der Waals surface area contributed by atoms with Crippen LogP contribution in [-0.4, -0.2) is 10.5 Å². The Morgan fingerprint density at radius 1 is 1.07 bits per heavy atom. The minimum atomic E-state index is -1.08. The fourth-order valence-electron chi connectivity index (χ4n) is 2.94. The van der Waals surface area contributed by atoms with Crippen LogP contribution in [0.4, 0.5) is 8.78 Å². The minimum absolute atomic E-state index is 0.0598. The van der Waals surface area contributed by atoms with Gasteiger partial charge in [-0.25, -0.2) is 8.78 Å². The molecular weight excluding hydrogens is 350 g/mol. The van der Waals surface area contributed by atoms with E-state index in [1.165, 1.54) is 10.6 Å². The Kier molecular flexibility index (Phi) is 5.64. The van der Waals surface area contributed by atoms with Crippen LogP contribution >= 0.6 is 0 Å². The summed E-state index contributed by atoms with van der Waals surface area (Å²) in [5.41, 5.74) is 0.565. The summed E-state index contributed by atoms with van der Waals surface area (Å²) in [5, 5.41) is 3.05. The molecule has 1 aromatic heterocycles. The Labute approximate surface area is 155 Å². The van der Waals surface area contributed by atoms with Gasteiger partial charge in [0.2, 0.25) is 0 Å². The Morgan fingerprint density at radius 2 is 1.78 bits per heavy atom. The highest BCUT2D eigenvalue weighted by Gasteiger charge is 2.17. The first-order valence-electron chi connectivity index (χ1n) is 8.86. The van der Waals surface area contributed by atoms with Crippen molar-refractivity contribution in [3.63, 3.8) is 0 Å². The predicted octanol–water partition coefficient (Wildman–Crippen LogP) is 4.01. The summed E-state index contributed by atoms with van der Waals surface area (Å²) in [6.07, 6.45) is 1.52. The number of nitrogens with zero attached hydrogens (tertiary/aromatic N) is 1. The average Bonchev–Trinajstić information content (AvgIpc) is 2.67. The van der Waals surface area contributed by atoms with E-state index in [9.17, 15) is 18.4 Å². The second-order valence-electron chi connectivity index (χ2n) is 6.36. The molecule has 0 atom stereocenters. The molecule has 2 aromatic carbocycles. The quantitative estimate of drug-likeness (QED) is 0.713. The third-order valence-corrected chi connectivity index (χ3v) is 4.41. The Morgan fingerprint density at radius 3 is 2.48 bits per heavy atom. The van der Waals surface area contributed by atoms with E-state index in [-0.39, 0.29) is 16.5 Å². The number of unbranched alkanes of at least 4 members (excludes halogenated alkanes) is 1. The lowest BCUT2D eigenvalue weighted by molar-refractivity contribution is 0.0940. The topological polar surface area (TPSA) is 51.1 Å². The summed E-state index contributed by atoms with van der Waals surface area (Å²) in [6.45, 7) is 2.60. The normalized spacial score (nSPS) is 10.9. The van der Waals surface area contributed by atoms with E-state index in [1.807, 2.05) is 37.3 Å². The van der Waals surface area contributed by atoms with Gasteiger partial charge in [0.1, 0.15) is 5.69 Å². The molecule has 4 nitrogen and oxygen atoms in total. The highest BCUT2D eigenvalue weighted by molar-refractivity contribution is 5.96. The van der Waals surface area contributed by atoms with Crippen molar-refractivity contribution < 1.29 is 13.6 Å². The van der Waals surface area contributed by atoms with Crippen molar-refractivity contribution in [1.82, 2.24) is 9.88 Å². The van der Waals surface area contributed by atoms with Gasteiger partial charge in [0.15, 0.2) is 11.6 Å². The number of pyridine rings is 1. The SMILES string of the molecule is CCCCn1c(C(=O)NCc2ccccc2)cc2cc(F)c(F)cc2c1=O. The summed E-state index contributed by atoms with van der Waals surface area (Å²) in [4.78, 5) is 25.5. The number of carbonyl (C=O) groups is 1. The molecule has 0 aliphatic rings. The van der Waals surface area contributed by atoms with E-state index < -0.39 is 23.1 Å². The van der Waals surface area contributed by atoms with Crippen molar-refractivity contribution in [2.24, 2.45) is 0 Å². The molecule has 3 aromatic rings. The van der Waals surface area contributed by atoms with Crippen LogP contribution in [0, 0.1) is 11.6 Å². The Balaban J connectivity index is 2.02. The van der Waals surface area contributed by atoms with Gasteiger partial charge in [-0.3, -0.25) is 9.59 Å². The molecule has 6 heteroatoms. The van der Waals surface area contributed by atoms with Gasteiger partial charge < -0.3 is 9.88 Å². The zero-order chi connectivity index (χ0) is 19.4. The number of rotatable bonds is 6. The minimum Gasteiger partial charge on any atom is -0.347 e. The lowest BCUT2D eigenvalue weighted by Crippen LogP contribution is -2.32. The molecule has 1 heterocycles. The van der Waals surface area contributed by atoms with Gasteiger partial charge in [0.25, 0.3) is 11.5 Å². The van der Waals surface area contributed by atoms with E-state index in [2.05, 4.69) is 5.32 Å². The molecule has 0 bridgehead atoms. The van der Waals surface area contributed by atoms with Gasteiger partial charge in [0, 0.05) is 13.1 Å². The van der Waals surface area contributed by atoms with Gasteiger partial charge >= 0.3 is 0 Å². The third-order valence-electron chi connectivity index (χ3n) is 4.41. The van der Waals surface area contributed by atoms with Crippen LogP contribution in [0.5, 0.6) is 0 Å². The van der Waals surface area contributed by atoms with Crippen LogP contribution in [0.25, 0.3) is 10.8 Å². The maximum Gasteiger partial charge on any atom is 0.268 e. The van der Waals surface area contributed by atoms with Crippen molar-refractivity contribution in [3.05, 3.63) is 81.8 Å². The van der Waals surface area contributed by atoms with Gasteiger partial charge in [-0.05, 0) is 35.6 Å². The van der Waals surface area contributed by atoms with Crippen molar-refractivity contribution in [3.8, 4) is 0 Å². The molecule has 1 N–H and O–H groups in total. The lowest BCUT2D eigenvalue weighted by Gasteiger charge is -2.14. The zero-order valence-electron chi connectivity index (χ0n) is 15.0. The Hall–Kier alpha value is -3.02. The molecule has 0 saturated heterocycles. The van der Waals surface area contributed by atoms with Gasteiger partial charge in [0.05, 0.1) is 5.39 Å². The standard InChI is InChI=1S/C21H20F2N2O2/c1-2-3-9-25-19(20(26)24-13-14-7-5-4-6-8-14)11-15-10-17(22)18(23)12-16(15)21(25)27/h4-8,10-12H,2-3,9,13H2,1H3,(H,24,26). The number of benzene rings is 2. The number of aromatic nitrogens is 1. The number of hydrogen-bond acceptors (Lipinski definition) is 2. The van der Waals surface area contributed by atoms with Crippen molar-refractivity contribution >= 4 is 16.7 Å². The second-order valence-corrected chi connectivity index (χ2v) is 6.36. The van der Waals surface area contributed by atoms with Crippen molar-refractivity contribution in [2.45, 2.75) is 32.9 Å². The number of fused-ring (bicyclic) bond motifs is 1. The van der Waals surface area contributed by atoms with Crippen LogP contribution in [0.3, 0.4) is 0 Å². The zero-order valence-corrected chi connectivity index (χ0v) is 15.0. The molecule has 0 unspecified atom stereocenters. The molecule has 0 radical (unpaired) electrons. The molecular formula is C21H20F2N2O2. The smallest absolute Gasteiger partial charge is 0.268 e. The highest BCUT2D eigenvalue weighted by Crippen LogP contribution is 2.18. The fraction of sp³-hybridized carbons (Fsp3) is 0.238. The number of hydrogen-bond donors (Lipinski definition) is 1. The van der Waals surface area contributed by atoms with E-state index in [0.29, 0.717) is 19.5 Å². The van der Waals surface area contributed by atoms with Crippen LogP contribution in [0.15, 0.2) is 53.3 Å². The summed E-state index contributed by atoms with van der Waals surface area (Å²) in [6, 6.07) is 12.6. The fourth-order valence-corrected chi connectivity index (χ4v) is 2.94. The van der Waals surface area contributed by atoms with Crippen molar-refractivity contribution in [2.75, 3.05) is 0 Å². The summed E-state index contributed by atoms with van der Waals surface area (Å²) in [5.74, 6) is -2.56. The number of carbonyl (C=O) groups excluding carboxylic acids is 1. The van der Waals surface area contributed by atoms with E-state index >= 15 is 0 Å². The number of halogens is 2. The molecule has 140 valence electrons. The highest BCUT2D eigenvalue weighted by atomic mass is 19.2. The van der Waals surface area contributed by atoms with Crippen LogP contribution in [0.2, 0.25) is 0 Å². The first kappa shape index (κ1) is 18.8. The molecule has 3 rings (SSSR count). The molecule has 0 fully saturated rings. The van der Waals surface area contributed by atoms with E-state index in [1.54, 1.807) is 0 Å². The molecule has 1 amide bonds. The molecule has 0 spiro atoms. The molecule has 0 aliphatic carbocycles. The van der Waals surface area contributed by atoms with E-state index in [0.717, 1.165) is 24.1 Å². The van der Waals surface area contributed by atoms with Crippen LogP contribution in [-0.2, 0) is 13.1 Å². The predicted molar refractivity (Wildman–Crippen MR) is 101 cm³/mol. The monoisotopic (exact) mass is 370 g/mol. The third kappa shape index (κ3) is 4.05. The van der Waals surface area contributed by atoms with Crippen LogP contribution < -0.4 is 10.9 Å². The molecule has 0 saturated carbocycles. The first-order valence-corrected chi connectivity index (χ1v) is 8.86. The molecule has 27 heavy (non-hydrogen) atoms. The van der Waals surface area contributed by atoms with Crippen LogP contribution in [0.1, 0.15) is 35.8 Å². The van der Waals surface area contributed by atoms with Crippen molar-refractivity contribution in [1.29, 1.82) is 0 Å². The Bertz CT molecular complexity index is 1030. The molecule has 0 aliphatic heterocycles. The lowest BCUT2D eigenvalue weighted by atomic mass is 10.1. The second kappa shape index (κ2) is 8.12. The van der Waals surface area contributed by atoms with Gasteiger partial charge in [-0.2, -0.15) is 0 Å². The summed E-state index contributed by atoms with van der Waals surface area (Å²) >= 11 is 0. The number of nitrogens with one attached hydrogen (secondary N) is 1. The number of amides is 1. The van der Waals surface area contributed by atoms with Gasteiger partial charge in [-0.1, -0.05) is 43.7 Å². The van der Waals surface area contributed by atoms with Gasteiger partial charge in [-0.15, -0.1) is 0 Å². The first-order chi connectivity index (χ1) is 13.0. The summed E-state index contributed by atoms with van der Waals surface area (Å²) < 4.78 is 28.5.